The first-order chi connectivity index (χ1) is 9.81. The molecule has 0 aliphatic carbocycles. The van der Waals surface area contributed by atoms with Crippen molar-refractivity contribution in [3.8, 4) is 0 Å². The van der Waals surface area contributed by atoms with Crippen LogP contribution in [-0.2, 0) is 6.42 Å². The third kappa shape index (κ3) is 3.20. The smallest absolute Gasteiger partial charge is 0.107 e. The van der Waals surface area contributed by atoms with Crippen LogP contribution >= 0.6 is 11.8 Å². The van der Waals surface area contributed by atoms with E-state index in [1.165, 1.54) is 5.56 Å². The van der Waals surface area contributed by atoms with Gasteiger partial charge in [-0.3, -0.25) is 0 Å². The largest absolute Gasteiger partial charge is 0.342 e. The average molecular weight is 283 g/mol. The van der Waals surface area contributed by atoms with Crippen molar-refractivity contribution in [3.63, 3.8) is 0 Å². The molecule has 0 fully saturated rings. The first-order valence-corrected chi connectivity index (χ1v) is 7.79. The van der Waals surface area contributed by atoms with Gasteiger partial charge < -0.3 is 4.98 Å². The van der Waals surface area contributed by atoms with E-state index in [4.69, 9.17) is 0 Å². The number of thioether (sulfide) groups is 1. The second-order valence-corrected chi connectivity index (χ2v) is 5.94. The number of hydrogen-bond acceptors (Lipinski definition) is 3. The van der Waals surface area contributed by atoms with Gasteiger partial charge in [0, 0.05) is 12.6 Å². The highest BCUT2D eigenvalue weighted by molar-refractivity contribution is 7.99. The molecule has 0 unspecified atom stereocenters. The summed E-state index contributed by atoms with van der Waals surface area (Å²) < 4.78 is 0. The number of rotatable bonds is 5. The maximum absolute atomic E-state index is 4.59. The van der Waals surface area contributed by atoms with Gasteiger partial charge >= 0.3 is 0 Å². The van der Waals surface area contributed by atoms with Gasteiger partial charge in [-0.15, -0.1) is 11.8 Å². The molecule has 0 aliphatic heterocycles. The van der Waals surface area contributed by atoms with Crippen LogP contribution in [0.2, 0.25) is 0 Å². The Kier molecular flexibility index (Phi) is 4.02. The molecule has 102 valence electrons. The SMILES string of the molecule is Cc1ccc(SCCCc2nc3ccccc3[nH]2)nc1. The van der Waals surface area contributed by atoms with Crippen molar-refractivity contribution >= 4 is 22.8 Å². The van der Waals surface area contributed by atoms with Crippen LogP contribution in [0, 0.1) is 6.92 Å². The fraction of sp³-hybridized carbons (Fsp3) is 0.250. The summed E-state index contributed by atoms with van der Waals surface area (Å²) in [5.41, 5.74) is 3.38. The zero-order valence-electron chi connectivity index (χ0n) is 11.5. The number of aromatic amines is 1. The van der Waals surface area contributed by atoms with E-state index in [1.54, 1.807) is 11.8 Å². The van der Waals surface area contributed by atoms with E-state index >= 15 is 0 Å². The molecule has 4 heteroatoms. The van der Waals surface area contributed by atoms with Crippen molar-refractivity contribution in [3.05, 3.63) is 54.0 Å². The number of benzene rings is 1. The van der Waals surface area contributed by atoms with E-state index in [0.29, 0.717) is 0 Å². The predicted octanol–water partition coefficient (Wildman–Crippen LogP) is 3.99. The summed E-state index contributed by atoms with van der Waals surface area (Å²) in [7, 11) is 0. The molecule has 3 aromatic rings. The van der Waals surface area contributed by atoms with E-state index in [0.717, 1.165) is 40.5 Å². The number of aryl methyl sites for hydroxylation is 2. The molecule has 0 saturated heterocycles. The molecule has 0 saturated carbocycles. The summed E-state index contributed by atoms with van der Waals surface area (Å²) in [4.78, 5) is 12.4. The molecule has 20 heavy (non-hydrogen) atoms. The van der Waals surface area contributed by atoms with Crippen molar-refractivity contribution in [1.29, 1.82) is 0 Å². The number of imidazole rings is 1. The number of para-hydroxylation sites is 2. The molecule has 0 amide bonds. The number of hydrogen-bond donors (Lipinski definition) is 1. The summed E-state index contributed by atoms with van der Waals surface area (Å²) in [6.07, 6.45) is 4.00. The molecule has 0 bridgehead atoms. The highest BCUT2D eigenvalue weighted by Crippen LogP contribution is 2.17. The Morgan fingerprint density at radius 1 is 1.15 bits per heavy atom. The fourth-order valence-electron chi connectivity index (χ4n) is 2.08. The molecule has 3 rings (SSSR count). The highest BCUT2D eigenvalue weighted by atomic mass is 32.2. The van der Waals surface area contributed by atoms with Crippen LogP contribution in [0.3, 0.4) is 0 Å². The number of nitrogens with zero attached hydrogens (tertiary/aromatic N) is 2. The van der Waals surface area contributed by atoms with Crippen LogP contribution in [0.1, 0.15) is 17.8 Å². The third-order valence-corrected chi connectivity index (χ3v) is 4.16. The number of fused-ring (bicyclic) bond motifs is 1. The first-order valence-electron chi connectivity index (χ1n) is 6.80. The van der Waals surface area contributed by atoms with E-state index < -0.39 is 0 Å². The Morgan fingerprint density at radius 3 is 2.85 bits per heavy atom. The molecule has 2 heterocycles. The third-order valence-electron chi connectivity index (χ3n) is 3.13. The van der Waals surface area contributed by atoms with Gasteiger partial charge in [0.05, 0.1) is 16.1 Å². The number of aromatic nitrogens is 3. The molecule has 2 aromatic heterocycles. The van der Waals surface area contributed by atoms with Crippen molar-refractivity contribution in [2.24, 2.45) is 0 Å². The summed E-state index contributed by atoms with van der Waals surface area (Å²) in [6, 6.07) is 12.3. The minimum absolute atomic E-state index is 0.980. The van der Waals surface area contributed by atoms with Crippen LogP contribution < -0.4 is 0 Å². The summed E-state index contributed by atoms with van der Waals surface area (Å²) >= 11 is 1.80. The van der Waals surface area contributed by atoms with E-state index in [-0.39, 0.29) is 0 Å². The van der Waals surface area contributed by atoms with Crippen molar-refractivity contribution < 1.29 is 0 Å². The van der Waals surface area contributed by atoms with Gasteiger partial charge in [-0.1, -0.05) is 18.2 Å². The van der Waals surface area contributed by atoms with Gasteiger partial charge in [0.25, 0.3) is 0 Å². The summed E-state index contributed by atoms with van der Waals surface area (Å²) in [5.74, 6) is 2.14. The van der Waals surface area contributed by atoms with Crippen LogP contribution in [0.15, 0.2) is 47.6 Å². The Labute approximate surface area is 122 Å². The van der Waals surface area contributed by atoms with Gasteiger partial charge in [0.2, 0.25) is 0 Å². The Bertz CT molecular complexity index is 655. The van der Waals surface area contributed by atoms with Gasteiger partial charge in [0.15, 0.2) is 0 Å². The first kappa shape index (κ1) is 13.2. The van der Waals surface area contributed by atoms with Gasteiger partial charge in [0.1, 0.15) is 5.82 Å². The molecule has 0 spiro atoms. The number of pyridine rings is 1. The molecular formula is C16H17N3S. The Balaban J connectivity index is 1.51. The quantitative estimate of drug-likeness (QED) is 0.568. The lowest BCUT2D eigenvalue weighted by atomic mass is 10.3. The standard InChI is InChI=1S/C16H17N3S/c1-12-8-9-16(17-11-12)20-10-4-7-15-18-13-5-2-3-6-14(13)19-15/h2-3,5-6,8-9,11H,4,7,10H2,1H3,(H,18,19). The molecular weight excluding hydrogens is 266 g/mol. The number of H-pyrrole nitrogens is 1. The second-order valence-electron chi connectivity index (χ2n) is 4.83. The monoisotopic (exact) mass is 283 g/mol. The fourth-order valence-corrected chi connectivity index (χ4v) is 2.87. The Hall–Kier alpha value is -1.81. The van der Waals surface area contributed by atoms with Gasteiger partial charge in [-0.05, 0) is 42.9 Å². The van der Waals surface area contributed by atoms with E-state index in [2.05, 4.69) is 40.1 Å². The molecule has 1 N–H and O–H groups in total. The van der Waals surface area contributed by atoms with Crippen LogP contribution in [-0.4, -0.2) is 20.7 Å². The molecule has 0 aliphatic rings. The van der Waals surface area contributed by atoms with Crippen LogP contribution in [0.5, 0.6) is 0 Å². The lowest BCUT2D eigenvalue weighted by Crippen LogP contribution is -1.91. The zero-order chi connectivity index (χ0) is 13.8. The van der Waals surface area contributed by atoms with Crippen LogP contribution in [0.25, 0.3) is 11.0 Å². The van der Waals surface area contributed by atoms with Crippen molar-refractivity contribution in [1.82, 2.24) is 15.0 Å². The second kappa shape index (κ2) is 6.09. The van der Waals surface area contributed by atoms with Crippen LogP contribution in [0.4, 0.5) is 0 Å². The van der Waals surface area contributed by atoms with E-state index in [1.807, 2.05) is 24.4 Å². The maximum atomic E-state index is 4.59. The summed E-state index contributed by atoms with van der Waals surface area (Å²) in [6.45, 7) is 2.06. The summed E-state index contributed by atoms with van der Waals surface area (Å²) in [5, 5.41) is 1.10. The minimum Gasteiger partial charge on any atom is -0.342 e. The molecule has 0 radical (unpaired) electrons. The Morgan fingerprint density at radius 2 is 2.05 bits per heavy atom. The topological polar surface area (TPSA) is 41.6 Å². The predicted molar refractivity (Wildman–Crippen MR) is 84.1 cm³/mol. The lowest BCUT2D eigenvalue weighted by Gasteiger charge is -2.00. The highest BCUT2D eigenvalue weighted by Gasteiger charge is 2.02. The molecule has 3 nitrogen and oxygen atoms in total. The maximum Gasteiger partial charge on any atom is 0.107 e. The average Bonchev–Trinajstić information content (AvgIpc) is 2.88. The van der Waals surface area contributed by atoms with Crippen molar-refractivity contribution in [2.45, 2.75) is 24.8 Å². The van der Waals surface area contributed by atoms with Crippen molar-refractivity contribution in [2.75, 3.05) is 5.75 Å². The van der Waals surface area contributed by atoms with E-state index in [9.17, 15) is 0 Å². The molecule has 1 aromatic carbocycles. The van der Waals surface area contributed by atoms with Gasteiger partial charge in [-0.2, -0.15) is 0 Å². The zero-order valence-corrected chi connectivity index (χ0v) is 12.3. The molecule has 0 atom stereocenters. The number of nitrogens with one attached hydrogen (secondary N) is 1. The lowest BCUT2D eigenvalue weighted by molar-refractivity contribution is 0.869. The minimum atomic E-state index is 0.980. The van der Waals surface area contributed by atoms with Gasteiger partial charge in [-0.25, -0.2) is 9.97 Å². The normalized spacial score (nSPS) is 11.1.